The lowest BCUT2D eigenvalue weighted by molar-refractivity contribution is 0.652. The fourth-order valence-electron chi connectivity index (χ4n) is 1.85. The molecule has 0 aliphatic carbocycles. The van der Waals surface area contributed by atoms with Crippen LogP contribution < -0.4 is 0 Å². The fourth-order valence-corrected chi connectivity index (χ4v) is 2.23. The molecule has 0 spiro atoms. The first-order chi connectivity index (χ1) is 9.75. The SMILES string of the molecule is Cl.Clc1cccc(-c2nnnn2Cc2cccnc2)c1Cl.O. The molecule has 2 aromatic heterocycles. The topological polar surface area (TPSA) is 88.0 Å². The van der Waals surface area contributed by atoms with Gasteiger partial charge in [-0.2, -0.15) is 0 Å². The third kappa shape index (κ3) is 3.72. The van der Waals surface area contributed by atoms with Crippen molar-refractivity contribution in [1.82, 2.24) is 25.2 Å². The number of pyridine rings is 1. The van der Waals surface area contributed by atoms with E-state index in [0.29, 0.717) is 28.0 Å². The number of halogens is 3. The van der Waals surface area contributed by atoms with Crippen LogP contribution >= 0.6 is 35.6 Å². The van der Waals surface area contributed by atoms with Crippen molar-refractivity contribution >= 4 is 35.6 Å². The van der Waals surface area contributed by atoms with Crippen LogP contribution in [0.15, 0.2) is 42.7 Å². The van der Waals surface area contributed by atoms with Crippen LogP contribution in [-0.2, 0) is 6.54 Å². The minimum atomic E-state index is 0. The van der Waals surface area contributed by atoms with Gasteiger partial charge in [0.2, 0.25) is 0 Å². The van der Waals surface area contributed by atoms with Gasteiger partial charge in [0.15, 0.2) is 5.82 Å². The van der Waals surface area contributed by atoms with Crippen LogP contribution in [0.2, 0.25) is 10.0 Å². The Morgan fingerprint density at radius 2 is 1.91 bits per heavy atom. The van der Waals surface area contributed by atoms with E-state index in [9.17, 15) is 0 Å². The predicted molar refractivity (Wildman–Crippen MR) is 87.5 cm³/mol. The summed E-state index contributed by atoms with van der Waals surface area (Å²) in [5.41, 5.74) is 1.70. The highest BCUT2D eigenvalue weighted by Gasteiger charge is 2.14. The molecule has 2 N–H and O–H groups in total. The Balaban J connectivity index is 0.00000121. The molecule has 0 saturated carbocycles. The van der Waals surface area contributed by atoms with Crippen molar-refractivity contribution in [2.75, 3.05) is 0 Å². The molecule has 22 heavy (non-hydrogen) atoms. The van der Waals surface area contributed by atoms with E-state index in [-0.39, 0.29) is 17.9 Å². The number of rotatable bonds is 3. The molecule has 0 aliphatic heterocycles. The van der Waals surface area contributed by atoms with Crippen molar-refractivity contribution in [3.63, 3.8) is 0 Å². The number of tetrazole rings is 1. The van der Waals surface area contributed by atoms with Crippen molar-refractivity contribution in [3.8, 4) is 11.4 Å². The molecule has 1 aromatic carbocycles. The maximum atomic E-state index is 6.21. The molecule has 0 fully saturated rings. The lowest BCUT2D eigenvalue weighted by Gasteiger charge is -2.06. The second-order valence-corrected chi connectivity index (χ2v) is 4.91. The van der Waals surface area contributed by atoms with Crippen molar-refractivity contribution in [2.45, 2.75) is 6.54 Å². The average molecular weight is 361 g/mol. The molecule has 2 heterocycles. The highest BCUT2D eigenvalue weighted by molar-refractivity contribution is 6.43. The lowest BCUT2D eigenvalue weighted by atomic mass is 10.2. The highest BCUT2D eigenvalue weighted by Crippen LogP contribution is 2.32. The third-order valence-corrected chi connectivity index (χ3v) is 3.60. The van der Waals surface area contributed by atoms with E-state index < -0.39 is 0 Å². The molecule has 3 aromatic rings. The quantitative estimate of drug-likeness (QED) is 0.718. The zero-order chi connectivity index (χ0) is 13.9. The molecule has 0 bridgehead atoms. The monoisotopic (exact) mass is 359 g/mol. The number of nitrogens with zero attached hydrogens (tertiary/aromatic N) is 5. The molecule has 9 heteroatoms. The summed E-state index contributed by atoms with van der Waals surface area (Å²) in [4.78, 5) is 4.07. The van der Waals surface area contributed by atoms with Crippen molar-refractivity contribution < 1.29 is 5.48 Å². The van der Waals surface area contributed by atoms with Gasteiger partial charge in [-0.25, -0.2) is 4.68 Å². The van der Waals surface area contributed by atoms with Gasteiger partial charge in [-0.3, -0.25) is 4.98 Å². The number of hydrogen-bond donors (Lipinski definition) is 0. The summed E-state index contributed by atoms with van der Waals surface area (Å²) in [6.45, 7) is 0.513. The van der Waals surface area contributed by atoms with Gasteiger partial charge in [-0.15, -0.1) is 17.5 Å². The van der Waals surface area contributed by atoms with Crippen LogP contribution in [0.3, 0.4) is 0 Å². The van der Waals surface area contributed by atoms with Gasteiger partial charge < -0.3 is 5.48 Å². The first kappa shape index (κ1) is 18.3. The van der Waals surface area contributed by atoms with Gasteiger partial charge in [0, 0.05) is 18.0 Å². The van der Waals surface area contributed by atoms with Crippen LogP contribution in [0.4, 0.5) is 0 Å². The molecule has 0 radical (unpaired) electrons. The van der Waals surface area contributed by atoms with E-state index in [1.54, 1.807) is 23.1 Å². The van der Waals surface area contributed by atoms with Gasteiger partial charge in [0.25, 0.3) is 0 Å². The normalized spacial score (nSPS) is 9.73. The Morgan fingerprint density at radius 1 is 1.09 bits per heavy atom. The molecular formula is C13H12Cl3N5O. The summed E-state index contributed by atoms with van der Waals surface area (Å²) < 4.78 is 1.66. The Hall–Kier alpha value is -1.73. The van der Waals surface area contributed by atoms with E-state index >= 15 is 0 Å². The summed E-state index contributed by atoms with van der Waals surface area (Å²) in [7, 11) is 0. The van der Waals surface area contributed by atoms with Gasteiger partial charge >= 0.3 is 0 Å². The summed E-state index contributed by atoms with van der Waals surface area (Å²) in [5, 5.41) is 12.6. The highest BCUT2D eigenvalue weighted by atomic mass is 35.5. The minimum absolute atomic E-state index is 0. The van der Waals surface area contributed by atoms with Crippen molar-refractivity contribution in [2.24, 2.45) is 0 Å². The zero-order valence-corrected chi connectivity index (χ0v) is 13.5. The summed E-state index contributed by atoms with van der Waals surface area (Å²) >= 11 is 12.2. The molecule has 3 rings (SSSR count). The predicted octanol–water partition coefficient (Wildman–Crippen LogP) is 2.69. The van der Waals surface area contributed by atoms with Crippen molar-refractivity contribution in [1.29, 1.82) is 0 Å². The summed E-state index contributed by atoms with van der Waals surface area (Å²) in [6, 6.07) is 9.19. The fraction of sp³-hybridized carbons (Fsp3) is 0.0769. The Kier molecular flexibility index (Phi) is 6.70. The maximum Gasteiger partial charge on any atom is 0.183 e. The molecule has 0 amide bonds. The van der Waals surface area contributed by atoms with Gasteiger partial charge in [-0.05, 0) is 34.2 Å². The number of hydrogen-bond acceptors (Lipinski definition) is 4. The van der Waals surface area contributed by atoms with Crippen LogP contribution in [0.25, 0.3) is 11.4 Å². The Bertz CT molecular complexity index is 736. The molecule has 6 nitrogen and oxygen atoms in total. The smallest absolute Gasteiger partial charge is 0.183 e. The standard InChI is InChI=1S/C13H9Cl2N5.ClH.H2O/c14-11-5-1-4-10(12(11)15)13-17-18-19-20(13)8-9-3-2-6-16-7-9;;/h1-7H,8H2;1H;1H2. The van der Waals surface area contributed by atoms with Crippen LogP contribution in [0.5, 0.6) is 0 Å². The van der Waals surface area contributed by atoms with Crippen LogP contribution in [0, 0.1) is 0 Å². The first-order valence-electron chi connectivity index (χ1n) is 5.85. The van der Waals surface area contributed by atoms with E-state index in [2.05, 4.69) is 20.5 Å². The van der Waals surface area contributed by atoms with E-state index in [1.807, 2.05) is 24.3 Å². The largest absolute Gasteiger partial charge is 0.412 e. The second kappa shape index (κ2) is 8.05. The Labute approximate surface area is 142 Å². The molecular weight excluding hydrogens is 349 g/mol. The molecule has 0 atom stereocenters. The van der Waals surface area contributed by atoms with Crippen LogP contribution in [0.1, 0.15) is 5.56 Å². The lowest BCUT2D eigenvalue weighted by Crippen LogP contribution is -2.05. The van der Waals surface area contributed by atoms with Gasteiger partial charge in [0.05, 0.1) is 16.6 Å². The minimum Gasteiger partial charge on any atom is -0.412 e. The van der Waals surface area contributed by atoms with Crippen LogP contribution in [-0.4, -0.2) is 30.7 Å². The average Bonchev–Trinajstić information content (AvgIpc) is 2.91. The molecule has 0 aliphatic rings. The van der Waals surface area contributed by atoms with Crippen molar-refractivity contribution in [3.05, 3.63) is 58.3 Å². The van der Waals surface area contributed by atoms with E-state index in [0.717, 1.165) is 5.56 Å². The van der Waals surface area contributed by atoms with E-state index in [4.69, 9.17) is 23.2 Å². The van der Waals surface area contributed by atoms with Gasteiger partial charge in [0.1, 0.15) is 0 Å². The third-order valence-electron chi connectivity index (χ3n) is 2.78. The molecule has 116 valence electrons. The molecule has 0 saturated heterocycles. The van der Waals surface area contributed by atoms with E-state index in [1.165, 1.54) is 0 Å². The molecule has 0 unspecified atom stereocenters. The summed E-state index contributed by atoms with van der Waals surface area (Å²) in [6.07, 6.45) is 3.49. The second-order valence-electron chi connectivity index (χ2n) is 4.12. The number of aromatic nitrogens is 5. The maximum absolute atomic E-state index is 6.21. The Morgan fingerprint density at radius 3 is 2.64 bits per heavy atom. The zero-order valence-electron chi connectivity index (χ0n) is 11.1. The summed E-state index contributed by atoms with van der Waals surface area (Å²) in [5.74, 6) is 0.571. The van der Waals surface area contributed by atoms with Gasteiger partial charge in [-0.1, -0.05) is 35.3 Å². The first-order valence-corrected chi connectivity index (χ1v) is 6.61. The number of benzene rings is 1.